The second kappa shape index (κ2) is 7.00. The second-order valence-corrected chi connectivity index (χ2v) is 5.43. The normalized spacial score (nSPS) is 12.7. The van der Waals surface area contributed by atoms with Crippen LogP contribution in [-0.2, 0) is 9.53 Å². The molecule has 0 aliphatic rings. The van der Waals surface area contributed by atoms with E-state index in [0.29, 0.717) is 17.1 Å². The van der Waals surface area contributed by atoms with Gasteiger partial charge in [0, 0.05) is 5.56 Å². The molecule has 6 heteroatoms. The van der Waals surface area contributed by atoms with Gasteiger partial charge in [-0.1, -0.05) is 17.7 Å². The molecule has 1 unspecified atom stereocenters. The zero-order valence-electron chi connectivity index (χ0n) is 12.9. The van der Waals surface area contributed by atoms with E-state index in [0.717, 1.165) is 0 Å². The number of methoxy groups -OCH3 is 2. The molecule has 5 nitrogen and oxygen atoms in total. The van der Waals surface area contributed by atoms with Crippen LogP contribution in [0.4, 0.5) is 0 Å². The van der Waals surface area contributed by atoms with Crippen LogP contribution < -0.4 is 9.47 Å². The fourth-order valence-corrected chi connectivity index (χ4v) is 2.27. The number of hydrogen-bond acceptors (Lipinski definition) is 5. The van der Waals surface area contributed by atoms with E-state index < -0.39 is 17.5 Å². The minimum atomic E-state index is -1.14. The summed E-state index contributed by atoms with van der Waals surface area (Å²) in [6.07, 6.45) is -1.14. The average molecular weight is 317 g/mol. The SMILES string of the molecule is CCOC(=O)C(C)(C)C(O)c1ccc(OC)c(OC)c1Cl. The van der Waals surface area contributed by atoms with E-state index in [2.05, 4.69) is 0 Å². The van der Waals surface area contributed by atoms with Crippen LogP contribution in [0.25, 0.3) is 0 Å². The molecule has 0 aliphatic carbocycles. The van der Waals surface area contributed by atoms with Gasteiger partial charge in [-0.05, 0) is 26.8 Å². The Labute approximate surface area is 129 Å². The van der Waals surface area contributed by atoms with E-state index in [9.17, 15) is 9.90 Å². The Morgan fingerprint density at radius 3 is 2.43 bits per heavy atom. The lowest BCUT2D eigenvalue weighted by molar-refractivity contribution is -0.160. The number of aliphatic hydroxyl groups is 1. The summed E-state index contributed by atoms with van der Waals surface area (Å²) in [5, 5.41) is 10.7. The fourth-order valence-electron chi connectivity index (χ4n) is 1.93. The Morgan fingerprint density at radius 2 is 1.95 bits per heavy atom. The van der Waals surface area contributed by atoms with E-state index in [1.807, 2.05) is 0 Å². The van der Waals surface area contributed by atoms with Gasteiger partial charge in [-0.25, -0.2) is 0 Å². The Balaban J connectivity index is 3.24. The van der Waals surface area contributed by atoms with Gasteiger partial charge in [-0.2, -0.15) is 0 Å². The maximum atomic E-state index is 12.0. The van der Waals surface area contributed by atoms with Crippen LogP contribution in [0.1, 0.15) is 32.4 Å². The quantitative estimate of drug-likeness (QED) is 0.817. The predicted molar refractivity (Wildman–Crippen MR) is 79.9 cm³/mol. The molecule has 0 saturated carbocycles. The highest BCUT2D eigenvalue weighted by molar-refractivity contribution is 6.33. The van der Waals surface area contributed by atoms with Gasteiger partial charge in [0.1, 0.15) is 0 Å². The van der Waals surface area contributed by atoms with Gasteiger partial charge in [0.25, 0.3) is 0 Å². The number of halogens is 1. The number of benzene rings is 1. The van der Waals surface area contributed by atoms with E-state index in [1.165, 1.54) is 14.2 Å². The van der Waals surface area contributed by atoms with E-state index in [4.69, 9.17) is 25.8 Å². The third-order valence-electron chi connectivity index (χ3n) is 3.29. The minimum absolute atomic E-state index is 0.210. The molecule has 118 valence electrons. The first-order chi connectivity index (χ1) is 9.81. The molecule has 0 spiro atoms. The van der Waals surface area contributed by atoms with Gasteiger partial charge in [0.15, 0.2) is 11.5 Å². The molecular weight excluding hydrogens is 296 g/mol. The summed E-state index contributed by atoms with van der Waals surface area (Å²) in [4.78, 5) is 12.0. The van der Waals surface area contributed by atoms with Crippen molar-refractivity contribution in [1.29, 1.82) is 0 Å². The van der Waals surface area contributed by atoms with E-state index in [-0.39, 0.29) is 11.6 Å². The molecule has 1 N–H and O–H groups in total. The van der Waals surface area contributed by atoms with Gasteiger partial charge in [0.2, 0.25) is 0 Å². The molecule has 1 aromatic carbocycles. The van der Waals surface area contributed by atoms with Gasteiger partial charge in [-0.3, -0.25) is 4.79 Å². The molecule has 21 heavy (non-hydrogen) atoms. The number of aliphatic hydroxyl groups excluding tert-OH is 1. The van der Waals surface area contributed by atoms with Crippen molar-refractivity contribution in [1.82, 2.24) is 0 Å². The number of hydrogen-bond donors (Lipinski definition) is 1. The molecule has 0 heterocycles. The van der Waals surface area contributed by atoms with Crippen molar-refractivity contribution < 1.29 is 24.1 Å². The summed E-state index contributed by atoms with van der Waals surface area (Å²) in [5.41, 5.74) is -0.758. The maximum Gasteiger partial charge on any atom is 0.314 e. The summed E-state index contributed by atoms with van der Waals surface area (Å²) < 4.78 is 15.3. The number of rotatable bonds is 6. The van der Waals surface area contributed by atoms with Gasteiger partial charge in [0.05, 0.1) is 37.4 Å². The van der Waals surface area contributed by atoms with Crippen LogP contribution in [0.2, 0.25) is 5.02 Å². The smallest absolute Gasteiger partial charge is 0.314 e. The second-order valence-electron chi connectivity index (χ2n) is 5.05. The zero-order valence-corrected chi connectivity index (χ0v) is 13.7. The molecule has 0 aromatic heterocycles. The monoisotopic (exact) mass is 316 g/mol. The average Bonchev–Trinajstić information content (AvgIpc) is 2.46. The molecule has 0 amide bonds. The minimum Gasteiger partial charge on any atom is -0.493 e. The van der Waals surface area contributed by atoms with Gasteiger partial charge < -0.3 is 19.3 Å². The molecular formula is C15H21ClO5. The fraction of sp³-hybridized carbons (Fsp3) is 0.533. The molecule has 1 rings (SSSR count). The number of ether oxygens (including phenoxy) is 3. The van der Waals surface area contributed by atoms with E-state index in [1.54, 1.807) is 32.9 Å². The van der Waals surface area contributed by atoms with Crippen molar-refractivity contribution in [3.8, 4) is 11.5 Å². The lowest BCUT2D eigenvalue weighted by Crippen LogP contribution is -2.33. The molecule has 0 saturated heterocycles. The van der Waals surface area contributed by atoms with E-state index >= 15 is 0 Å². The highest BCUT2D eigenvalue weighted by atomic mass is 35.5. The molecule has 1 atom stereocenters. The summed E-state index contributed by atoms with van der Waals surface area (Å²) in [6, 6.07) is 3.24. The summed E-state index contributed by atoms with van der Waals surface area (Å²) in [7, 11) is 2.95. The van der Waals surface area contributed by atoms with Gasteiger partial charge >= 0.3 is 5.97 Å². The van der Waals surface area contributed by atoms with Crippen molar-refractivity contribution >= 4 is 17.6 Å². The summed E-state index contributed by atoms with van der Waals surface area (Å²) in [5.74, 6) is 0.270. The van der Waals surface area contributed by atoms with Gasteiger partial charge in [-0.15, -0.1) is 0 Å². The first-order valence-electron chi connectivity index (χ1n) is 6.56. The molecule has 0 aliphatic heterocycles. The zero-order chi connectivity index (χ0) is 16.2. The highest BCUT2D eigenvalue weighted by Crippen LogP contribution is 2.44. The molecule has 0 radical (unpaired) electrons. The van der Waals surface area contributed by atoms with Crippen molar-refractivity contribution in [2.75, 3.05) is 20.8 Å². The first-order valence-corrected chi connectivity index (χ1v) is 6.94. The van der Waals surface area contributed by atoms with Crippen LogP contribution in [0.15, 0.2) is 12.1 Å². The van der Waals surface area contributed by atoms with Crippen LogP contribution in [0, 0.1) is 5.41 Å². The number of esters is 1. The predicted octanol–water partition coefficient (Wildman–Crippen LogP) is 2.98. The molecule has 1 aromatic rings. The van der Waals surface area contributed by atoms with Crippen molar-refractivity contribution in [2.24, 2.45) is 5.41 Å². The number of carbonyl (C=O) groups excluding carboxylic acids is 1. The Kier molecular flexibility index (Phi) is 5.87. The van der Waals surface area contributed by atoms with Crippen LogP contribution in [0.3, 0.4) is 0 Å². The lowest BCUT2D eigenvalue weighted by atomic mass is 9.82. The topological polar surface area (TPSA) is 65.0 Å². The highest BCUT2D eigenvalue weighted by Gasteiger charge is 2.39. The Hall–Kier alpha value is -1.46. The standard InChI is InChI=1S/C15H21ClO5/c1-6-21-14(18)15(2,3)13(17)9-7-8-10(19-4)12(20-5)11(9)16/h7-8,13,17H,6H2,1-5H3. The van der Waals surface area contributed by atoms with Crippen molar-refractivity contribution in [2.45, 2.75) is 26.9 Å². The summed E-state index contributed by atoms with van der Waals surface area (Å²) in [6.45, 7) is 5.16. The third-order valence-corrected chi connectivity index (χ3v) is 3.68. The number of carbonyl (C=O) groups is 1. The largest absolute Gasteiger partial charge is 0.493 e. The first kappa shape index (κ1) is 17.6. The Morgan fingerprint density at radius 1 is 1.33 bits per heavy atom. The third kappa shape index (κ3) is 3.41. The van der Waals surface area contributed by atoms with Crippen LogP contribution in [-0.4, -0.2) is 31.9 Å². The van der Waals surface area contributed by atoms with Crippen molar-refractivity contribution in [3.63, 3.8) is 0 Å². The maximum absolute atomic E-state index is 12.0. The van der Waals surface area contributed by atoms with Crippen LogP contribution in [0.5, 0.6) is 11.5 Å². The summed E-state index contributed by atoms with van der Waals surface area (Å²) >= 11 is 6.26. The molecule has 0 fully saturated rings. The van der Waals surface area contributed by atoms with Crippen molar-refractivity contribution in [3.05, 3.63) is 22.7 Å². The van der Waals surface area contributed by atoms with Crippen LogP contribution >= 0.6 is 11.6 Å². The Bertz CT molecular complexity index is 513. The lowest BCUT2D eigenvalue weighted by Gasteiger charge is -2.29. The molecule has 0 bridgehead atoms.